The van der Waals surface area contributed by atoms with Gasteiger partial charge < -0.3 is 5.32 Å². The van der Waals surface area contributed by atoms with Gasteiger partial charge in [-0.05, 0) is 41.7 Å². The van der Waals surface area contributed by atoms with Gasteiger partial charge in [-0.15, -0.1) is 5.10 Å². The minimum atomic E-state index is -0.284. The van der Waals surface area contributed by atoms with Crippen molar-refractivity contribution in [1.82, 2.24) is 14.9 Å². The van der Waals surface area contributed by atoms with Crippen LogP contribution in [-0.4, -0.2) is 15.5 Å². The van der Waals surface area contributed by atoms with E-state index in [4.69, 9.17) is 0 Å². The van der Waals surface area contributed by atoms with Crippen LogP contribution >= 0.6 is 11.5 Å². The SMILES string of the molecule is Cc1nnsc1CNC(=O)C[C@H](c1ccccc1)c1ccc(F)cc1. The van der Waals surface area contributed by atoms with Crippen molar-refractivity contribution in [2.75, 3.05) is 0 Å². The van der Waals surface area contributed by atoms with E-state index < -0.39 is 0 Å². The van der Waals surface area contributed by atoms with Crippen LogP contribution in [-0.2, 0) is 11.3 Å². The minimum Gasteiger partial charge on any atom is -0.351 e. The van der Waals surface area contributed by atoms with Crippen LogP contribution in [0, 0.1) is 12.7 Å². The first-order valence-corrected chi connectivity index (χ1v) is 8.76. The van der Waals surface area contributed by atoms with E-state index in [1.54, 1.807) is 12.1 Å². The molecule has 6 heteroatoms. The summed E-state index contributed by atoms with van der Waals surface area (Å²) in [7, 11) is 0. The molecular weight excluding hydrogens is 337 g/mol. The lowest BCUT2D eigenvalue weighted by Gasteiger charge is -2.18. The van der Waals surface area contributed by atoms with Crippen molar-refractivity contribution in [3.8, 4) is 0 Å². The van der Waals surface area contributed by atoms with Crippen molar-refractivity contribution >= 4 is 17.4 Å². The van der Waals surface area contributed by atoms with E-state index in [-0.39, 0.29) is 17.6 Å². The van der Waals surface area contributed by atoms with E-state index in [1.807, 2.05) is 37.3 Å². The number of hydrogen-bond acceptors (Lipinski definition) is 4. The van der Waals surface area contributed by atoms with Gasteiger partial charge in [-0.25, -0.2) is 4.39 Å². The third kappa shape index (κ3) is 4.48. The van der Waals surface area contributed by atoms with Crippen LogP contribution in [0.4, 0.5) is 4.39 Å². The molecule has 4 nitrogen and oxygen atoms in total. The Bertz CT molecular complexity index is 833. The number of carbonyl (C=O) groups is 1. The van der Waals surface area contributed by atoms with Crippen LogP contribution in [0.3, 0.4) is 0 Å². The molecule has 0 radical (unpaired) electrons. The van der Waals surface area contributed by atoms with Crippen molar-refractivity contribution < 1.29 is 9.18 Å². The lowest BCUT2D eigenvalue weighted by atomic mass is 9.88. The monoisotopic (exact) mass is 355 g/mol. The Kier molecular flexibility index (Phi) is 5.50. The summed E-state index contributed by atoms with van der Waals surface area (Å²) in [6.07, 6.45) is 0.293. The van der Waals surface area contributed by atoms with Crippen LogP contribution in [0.1, 0.15) is 34.0 Å². The lowest BCUT2D eigenvalue weighted by molar-refractivity contribution is -0.121. The van der Waals surface area contributed by atoms with E-state index in [2.05, 4.69) is 14.9 Å². The number of amides is 1. The molecule has 3 rings (SSSR count). The highest BCUT2D eigenvalue weighted by molar-refractivity contribution is 7.05. The molecule has 3 aromatic rings. The zero-order valence-electron chi connectivity index (χ0n) is 13.8. The van der Waals surface area contributed by atoms with Gasteiger partial charge in [-0.2, -0.15) is 0 Å². The maximum atomic E-state index is 13.2. The Morgan fingerprint density at radius 1 is 1.12 bits per heavy atom. The second-order valence-electron chi connectivity index (χ2n) is 5.78. The Hall–Kier alpha value is -2.60. The number of nitrogens with zero attached hydrogens (tertiary/aromatic N) is 2. The molecule has 0 saturated heterocycles. The summed E-state index contributed by atoms with van der Waals surface area (Å²) in [4.78, 5) is 13.4. The maximum Gasteiger partial charge on any atom is 0.221 e. The molecule has 0 spiro atoms. The lowest BCUT2D eigenvalue weighted by Crippen LogP contribution is -2.25. The molecule has 0 bridgehead atoms. The van der Waals surface area contributed by atoms with Gasteiger partial charge in [0, 0.05) is 12.3 Å². The minimum absolute atomic E-state index is 0.0639. The maximum absolute atomic E-state index is 13.2. The van der Waals surface area contributed by atoms with Gasteiger partial charge in [0.1, 0.15) is 5.82 Å². The van der Waals surface area contributed by atoms with Gasteiger partial charge >= 0.3 is 0 Å². The standard InChI is InChI=1S/C19H18FN3OS/c1-13-18(25-23-22-13)12-21-19(24)11-17(14-5-3-2-4-6-14)15-7-9-16(20)10-8-15/h2-10,17H,11-12H2,1H3,(H,21,24)/t17-/m1/s1. The van der Waals surface area contributed by atoms with Gasteiger partial charge in [0.2, 0.25) is 5.91 Å². The Labute approximate surface area is 149 Å². The molecule has 2 aromatic carbocycles. The Balaban J connectivity index is 1.74. The molecule has 0 saturated carbocycles. The van der Waals surface area contributed by atoms with Gasteiger partial charge in [-0.3, -0.25) is 4.79 Å². The molecule has 25 heavy (non-hydrogen) atoms. The molecule has 0 aliphatic heterocycles. The van der Waals surface area contributed by atoms with Crippen molar-refractivity contribution in [3.63, 3.8) is 0 Å². The van der Waals surface area contributed by atoms with Crippen molar-refractivity contribution in [1.29, 1.82) is 0 Å². The molecule has 1 amide bonds. The number of benzene rings is 2. The van der Waals surface area contributed by atoms with E-state index in [0.29, 0.717) is 13.0 Å². The van der Waals surface area contributed by atoms with E-state index in [9.17, 15) is 9.18 Å². The fourth-order valence-electron chi connectivity index (χ4n) is 2.66. The highest BCUT2D eigenvalue weighted by Gasteiger charge is 2.18. The Morgan fingerprint density at radius 2 is 1.80 bits per heavy atom. The van der Waals surface area contributed by atoms with Gasteiger partial charge in [-0.1, -0.05) is 47.0 Å². The van der Waals surface area contributed by atoms with E-state index in [0.717, 1.165) is 21.7 Å². The molecule has 1 heterocycles. The van der Waals surface area contributed by atoms with E-state index in [1.165, 1.54) is 23.7 Å². The largest absolute Gasteiger partial charge is 0.351 e. The van der Waals surface area contributed by atoms with Crippen LogP contribution in [0.15, 0.2) is 54.6 Å². The first kappa shape index (κ1) is 17.2. The predicted octanol–water partition coefficient (Wildman–Crippen LogP) is 3.82. The molecule has 128 valence electrons. The quantitative estimate of drug-likeness (QED) is 0.731. The summed E-state index contributed by atoms with van der Waals surface area (Å²) < 4.78 is 17.1. The summed E-state index contributed by atoms with van der Waals surface area (Å²) in [5, 5.41) is 6.87. The molecule has 0 unspecified atom stereocenters. The smallest absolute Gasteiger partial charge is 0.221 e. The first-order valence-electron chi connectivity index (χ1n) is 7.98. The van der Waals surface area contributed by atoms with Gasteiger partial charge in [0.15, 0.2) is 0 Å². The highest BCUT2D eigenvalue weighted by atomic mass is 32.1. The van der Waals surface area contributed by atoms with Gasteiger partial charge in [0.05, 0.1) is 17.1 Å². The summed E-state index contributed by atoms with van der Waals surface area (Å²) in [5.74, 6) is -0.471. The molecule has 1 N–H and O–H groups in total. The van der Waals surface area contributed by atoms with E-state index >= 15 is 0 Å². The van der Waals surface area contributed by atoms with Crippen molar-refractivity contribution in [2.45, 2.75) is 25.8 Å². The predicted molar refractivity (Wildman–Crippen MR) is 95.8 cm³/mol. The van der Waals surface area contributed by atoms with Crippen LogP contribution < -0.4 is 5.32 Å². The normalized spacial score (nSPS) is 11.9. The Morgan fingerprint density at radius 3 is 2.44 bits per heavy atom. The molecule has 0 fully saturated rings. The molecular formula is C19H18FN3OS. The highest BCUT2D eigenvalue weighted by Crippen LogP contribution is 2.28. The van der Waals surface area contributed by atoms with Gasteiger partial charge in [0.25, 0.3) is 0 Å². The second-order valence-corrected chi connectivity index (χ2v) is 6.62. The summed E-state index contributed by atoms with van der Waals surface area (Å²) >= 11 is 1.29. The number of carbonyl (C=O) groups excluding carboxylic acids is 1. The van der Waals surface area contributed by atoms with Crippen LogP contribution in [0.2, 0.25) is 0 Å². The number of halogens is 1. The molecule has 1 atom stereocenters. The van der Waals surface area contributed by atoms with Crippen LogP contribution in [0.25, 0.3) is 0 Å². The zero-order chi connectivity index (χ0) is 17.6. The summed E-state index contributed by atoms with van der Waals surface area (Å²) in [6.45, 7) is 2.30. The number of hydrogen-bond donors (Lipinski definition) is 1. The fraction of sp³-hybridized carbons (Fsp3) is 0.211. The molecule has 0 aliphatic carbocycles. The summed E-state index contributed by atoms with van der Waals surface area (Å²) in [6, 6.07) is 16.1. The number of rotatable bonds is 6. The summed E-state index contributed by atoms with van der Waals surface area (Å²) in [5.41, 5.74) is 2.78. The third-order valence-corrected chi connectivity index (χ3v) is 4.88. The number of nitrogens with one attached hydrogen (secondary N) is 1. The molecule has 1 aromatic heterocycles. The number of aryl methyl sites for hydroxylation is 1. The second kappa shape index (κ2) is 7.98. The fourth-order valence-corrected chi connectivity index (χ4v) is 3.23. The van der Waals surface area contributed by atoms with Crippen molar-refractivity contribution in [2.24, 2.45) is 0 Å². The first-order chi connectivity index (χ1) is 12.1. The zero-order valence-corrected chi connectivity index (χ0v) is 14.6. The van der Waals surface area contributed by atoms with Crippen LogP contribution in [0.5, 0.6) is 0 Å². The topological polar surface area (TPSA) is 54.9 Å². The average Bonchev–Trinajstić information content (AvgIpc) is 3.04. The number of aromatic nitrogens is 2. The van der Waals surface area contributed by atoms with Crippen molar-refractivity contribution in [3.05, 3.63) is 82.1 Å². The third-order valence-electron chi connectivity index (χ3n) is 4.06. The average molecular weight is 355 g/mol. The molecule has 0 aliphatic rings.